The van der Waals surface area contributed by atoms with E-state index in [1.54, 1.807) is 4.90 Å². The SMILES string of the molecule is NCCCNCCCN1CC(CS(=O)(=O)F)CC1=O. The molecule has 1 amide bonds. The molecule has 0 aromatic rings. The summed E-state index contributed by atoms with van der Waals surface area (Å²) in [6.07, 6.45) is 1.84. The molecule has 1 aliphatic heterocycles. The molecule has 0 radical (unpaired) electrons. The Kier molecular flexibility index (Phi) is 6.67. The fourth-order valence-corrected chi connectivity index (χ4v) is 3.00. The van der Waals surface area contributed by atoms with E-state index in [1.165, 1.54) is 0 Å². The fraction of sp³-hybridized carbons (Fsp3) is 0.909. The highest BCUT2D eigenvalue weighted by molar-refractivity contribution is 7.86. The lowest BCUT2D eigenvalue weighted by Crippen LogP contribution is -2.29. The molecule has 1 saturated heterocycles. The minimum atomic E-state index is -4.49. The van der Waals surface area contributed by atoms with Gasteiger partial charge in [-0.2, -0.15) is 8.42 Å². The zero-order valence-corrected chi connectivity index (χ0v) is 11.8. The van der Waals surface area contributed by atoms with Crippen LogP contribution < -0.4 is 11.1 Å². The second kappa shape index (κ2) is 7.76. The summed E-state index contributed by atoms with van der Waals surface area (Å²) in [5.41, 5.74) is 5.35. The van der Waals surface area contributed by atoms with Crippen molar-refractivity contribution in [1.29, 1.82) is 0 Å². The van der Waals surface area contributed by atoms with Gasteiger partial charge < -0.3 is 16.0 Å². The van der Waals surface area contributed by atoms with Crippen LogP contribution >= 0.6 is 0 Å². The van der Waals surface area contributed by atoms with Crippen molar-refractivity contribution in [3.63, 3.8) is 0 Å². The molecule has 3 N–H and O–H groups in total. The molecule has 0 bridgehead atoms. The Morgan fingerprint density at radius 1 is 1.37 bits per heavy atom. The first-order valence-corrected chi connectivity index (χ1v) is 8.08. The molecular formula is C11H22FN3O3S. The lowest BCUT2D eigenvalue weighted by atomic mass is 10.1. The molecule has 1 atom stereocenters. The molecule has 0 aromatic heterocycles. The third-order valence-electron chi connectivity index (χ3n) is 3.07. The van der Waals surface area contributed by atoms with Crippen LogP contribution in [0.5, 0.6) is 0 Å². The topological polar surface area (TPSA) is 92.5 Å². The van der Waals surface area contributed by atoms with E-state index in [0.29, 0.717) is 19.6 Å². The van der Waals surface area contributed by atoms with Crippen LogP contribution in [0.2, 0.25) is 0 Å². The predicted octanol–water partition coefficient (Wildman–Crippen LogP) is -0.537. The van der Waals surface area contributed by atoms with E-state index in [1.807, 2.05) is 0 Å². The van der Waals surface area contributed by atoms with Crippen molar-refractivity contribution >= 4 is 16.1 Å². The van der Waals surface area contributed by atoms with E-state index in [-0.39, 0.29) is 12.3 Å². The second-order valence-electron chi connectivity index (χ2n) is 4.86. The van der Waals surface area contributed by atoms with Crippen molar-refractivity contribution < 1.29 is 17.1 Å². The second-order valence-corrected chi connectivity index (χ2v) is 6.27. The molecular weight excluding hydrogens is 273 g/mol. The maximum atomic E-state index is 12.5. The summed E-state index contributed by atoms with van der Waals surface area (Å²) in [5.74, 6) is -1.05. The van der Waals surface area contributed by atoms with Gasteiger partial charge in [0.25, 0.3) is 0 Å². The number of halogens is 1. The zero-order valence-electron chi connectivity index (χ0n) is 11.0. The van der Waals surface area contributed by atoms with Crippen LogP contribution in [0.3, 0.4) is 0 Å². The highest BCUT2D eigenvalue weighted by Gasteiger charge is 2.32. The number of carbonyl (C=O) groups is 1. The molecule has 1 unspecified atom stereocenters. The van der Waals surface area contributed by atoms with E-state index in [9.17, 15) is 17.1 Å². The molecule has 8 heteroatoms. The van der Waals surface area contributed by atoms with Crippen molar-refractivity contribution in [1.82, 2.24) is 10.2 Å². The van der Waals surface area contributed by atoms with Crippen LogP contribution in [0.25, 0.3) is 0 Å². The summed E-state index contributed by atoms with van der Waals surface area (Å²) >= 11 is 0. The average molecular weight is 295 g/mol. The highest BCUT2D eigenvalue weighted by atomic mass is 32.3. The molecule has 19 heavy (non-hydrogen) atoms. The molecule has 6 nitrogen and oxygen atoms in total. The van der Waals surface area contributed by atoms with E-state index < -0.39 is 21.9 Å². The Balaban J connectivity index is 2.19. The molecule has 0 aromatic carbocycles. The van der Waals surface area contributed by atoms with Gasteiger partial charge in [0.05, 0.1) is 5.75 Å². The first kappa shape index (κ1) is 16.3. The summed E-state index contributed by atoms with van der Waals surface area (Å²) in [7, 11) is -4.49. The van der Waals surface area contributed by atoms with Crippen LogP contribution in [0, 0.1) is 5.92 Å². The molecule has 0 aliphatic carbocycles. The zero-order chi connectivity index (χ0) is 14.3. The van der Waals surface area contributed by atoms with Gasteiger partial charge in [-0.15, -0.1) is 3.89 Å². The van der Waals surface area contributed by atoms with Gasteiger partial charge in [0.2, 0.25) is 5.91 Å². The van der Waals surface area contributed by atoms with Gasteiger partial charge in [0.1, 0.15) is 0 Å². The summed E-state index contributed by atoms with van der Waals surface area (Å²) in [6.45, 7) is 3.21. The molecule has 1 heterocycles. The predicted molar refractivity (Wildman–Crippen MR) is 70.7 cm³/mol. The highest BCUT2D eigenvalue weighted by Crippen LogP contribution is 2.20. The van der Waals surface area contributed by atoms with Crippen LogP contribution in [0.4, 0.5) is 3.89 Å². The maximum absolute atomic E-state index is 12.5. The first-order chi connectivity index (χ1) is 8.92. The minimum Gasteiger partial charge on any atom is -0.342 e. The van der Waals surface area contributed by atoms with Gasteiger partial charge in [-0.25, -0.2) is 0 Å². The van der Waals surface area contributed by atoms with E-state index in [2.05, 4.69) is 5.32 Å². The number of rotatable bonds is 9. The Morgan fingerprint density at radius 2 is 2.05 bits per heavy atom. The Labute approximate surface area is 113 Å². The van der Waals surface area contributed by atoms with Gasteiger partial charge in [-0.1, -0.05) is 0 Å². The number of nitrogens with two attached hydrogens (primary N) is 1. The lowest BCUT2D eigenvalue weighted by molar-refractivity contribution is -0.127. The Hall–Kier alpha value is -0.730. The number of carbonyl (C=O) groups excluding carboxylic acids is 1. The largest absolute Gasteiger partial charge is 0.342 e. The number of likely N-dealkylation sites (tertiary alicyclic amines) is 1. The Morgan fingerprint density at radius 3 is 2.68 bits per heavy atom. The molecule has 1 rings (SSSR count). The monoisotopic (exact) mass is 295 g/mol. The lowest BCUT2D eigenvalue weighted by Gasteiger charge is -2.16. The summed E-state index contributed by atoms with van der Waals surface area (Å²) in [4.78, 5) is 13.2. The van der Waals surface area contributed by atoms with E-state index in [4.69, 9.17) is 5.73 Å². The van der Waals surface area contributed by atoms with E-state index >= 15 is 0 Å². The number of nitrogens with zero attached hydrogens (tertiary/aromatic N) is 1. The number of hydrogen-bond donors (Lipinski definition) is 2. The van der Waals surface area contributed by atoms with Crippen LogP contribution in [0.15, 0.2) is 0 Å². The molecule has 112 valence electrons. The van der Waals surface area contributed by atoms with Crippen LogP contribution in [-0.4, -0.2) is 57.7 Å². The summed E-state index contributed by atoms with van der Waals surface area (Å²) < 4.78 is 33.6. The normalized spacial score (nSPS) is 20.2. The maximum Gasteiger partial charge on any atom is 0.302 e. The third-order valence-corrected chi connectivity index (χ3v) is 3.94. The summed E-state index contributed by atoms with van der Waals surface area (Å²) in [6, 6.07) is 0. The standard InChI is InChI=1S/C11H22FN3O3S/c12-19(17,18)9-10-7-11(16)15(8-10)6-2-5-14-4-1-3-13/h10,14H,1-9,13H2. The smallest absolute Gasteiger partial charge is 0.302 e. The first-order valence-electron chi connectivity index (χ1n) is 6.53. The number of amides is 1. The van der Waals surface area contributed by atoms with Crippen molar-refractivity contribution in [2.75, 3.05) is 38.5 Å². The number of nitrogens with one attached hydrogen (secondary N) is 1. The van der Waals surface area contributed by atoms with Gasteiger partial charge >= 0.3 is 10.2 Å². The van der Waals surface area contributed by atoms with Crippen molar-refractivity contribution in [3.05, 3.63) is 0 Å². The van der Waals surface area contributed by atoms with Crippen molar-refractivity contribution in [2.24, 2.45) is 11.7 Å². The van der Waals surface area contributed by atoms with E-state index in [0.717, 1.165) is 25.9 Å². The molecule has 0 spiro atoms. The van der Waals surface area contributed by atoms with Crippen LogP contribution in [0.1, 0.15) is 19.3 Å². The average Bonchev–Trinajstić information content (AvgIpc) is 2.61. The quantitative estimate of drug-likeness (QED) is 0.440. The third kappa shape index (κ3) is 6.84. The van der Waals surface area contributed by atoms with Crippen LogP contribution in [-0.2, 0) is 15.0 Å². The van der Waals surface area contributed by atoms with Crippen molar-refractivity contribution in [2.45, 2.75) is 19.3 Å². The molecule has 1 fully saturated rings. The Bertz CT molecular complexity index is 389. The van der Waals surface area contributed by atoms with Gasteiger partial charge in [-0.05, 0) is 32.5 Å². The molecule has 1 aliphatic rings. The fourth-order valence-electron chi connectivity index (χ4n) is 2.21. The summed E-state index contributed by atoms with van der Waals surface area (Å²) in [5, 5.41) is 3.20. The number of hydrogen-bond acceptors (Lipinski definition) is 5. The van der Waals surface area contributed by atoms with Crippen molar-refractivity contribution in [3.8, 4) is 0 Å². The van der Waals surface area contributed by atoms with Gasteiger partial charge in [0.15, 0.2) is 0 Å². The minimum absolute atomic E-state index is 0.0874. The molecule has 0 saturated carbocycles. The van der Waals surface area contributed by atoms with Gasteiger partial charge in [0, 0.05) is 25.4 Å². The van der Waals surface area contributed by atoms with Gasteiger partial charge in [-0.3, -0.25) is 4.79 Å².